The number of aromatic nitrogens is 2. The lowest BCUT2D eigenvalue weighted by molar-refractivity contribution is -0.384. The van der Waals surface area contributed by atoms with Crippen molar-refractivity contribution in [2.45, 2.75) is 17.1 Å². The minimum Gasteiger partial charge on any atom is -0.322 e. The SMILES string of the molecule is Cc1c(NC(=O)C(Sc2cccc(NC(=O)c3cccc([N+](=O)[O-])c3)c2)c2ccccc2)c(=O)n(-c2ccccc2)n1C. The summed E-state index contributed by atoms with van der Waals surface area (Å²) in [5.74, 6) is -0.884. The predicted octanol–water partition coefficient (Wildman–Crippen LogP) is 6.12. The summed E-state index contributed by atoms with van der Waals surface area (Å²) < 4.78 is 3.20. The zero-order chi connectivity index (χ0) is 30.5. The van der Waals surface area contributed by atoms with E-state index in [-0.39, 0.29) is 28.4 Å². The molecule has 4 aromatic carbocycles. The van der Waals surface area contributed by atoms with Crippen LogP contribution < -0.4 is 16.2 Å². The van der Waals surface area contributed by atoms with Crippen molar-refractivity contribution in [1.29, 1.82) is 0 Å². The third-order valence-corrected chi connectivity index (χ3v) is 8.06. The highest BCUT2D eigenvalue weighted by molar-refractivity contribution is 8.00. The quantitative estimate of drug-likeness (QED) is 0.120. The lowest BCUT2D eigenvalue weighted by Crippen LogP contribution is -2.25. The molecule has 0 aliphatic heterocycles. The average molecular weight is 594 g/mol. The van der Waals surface area contributed by atoms with Gasteiger partial charge >= 0.3 is 0 Å². The molecule has 0 radical (unpaired) electrons. The molecule has 1 aromatic heterocycles. The number of amides is 2. The van der Waals surface area contributed by atoms with Crippen LogP contribution in [0.1, 0.15) is 26.9 Å². The summed E-state index contributed by atoms with van der Waals surface area (Å²) in [4.78, 5) is 51.3. The van der Waals surface area contributed by atoms with Gasteiger partial charge in [0.15, 0.2) is 0 Å². The fourth-order valence-corrected chi connectivity index (χ4v) is 5.63. The van der Waals surface area contributed by atoms with Crippen LogP contribution in [0.15, 0.2) is 119 Å². The number of thioether (sulfide) groups is 1. The monoisotopic (exact) mass is 593 g/mol. The molecule has 1 heterocycles. The second-order valence-electron chi connectivity index (χ2n) is 9.62. The van der Waals surface area contributed by atoms with Crippen LogP contribution in [0.4, 0.5) is 17.1 Å². The first-order valence-corrected chi connectivity index (χ1v) is 14.1. The minimum absolute atomic E-state index is 0.146. The molecule has 0 saturated heterocycles. The van der Waals surface area contributed by atoms with Crippen LogP contribution in [0, 0.1) is 17.0 Å². The number of nitro groups is 1. The molecule has 0 fully saturated rings. The fraction of sp³-hybridized carbons (Fsp3) is 0.0938. The average Bonchev–Trinajstić information content (AvgIpc) is 3.23. The summed E-state index contributed by atoms with van der Waals surface area (Å²) in [6, 6.07) is 30.8. The Bertz CT molecular complexity index is 1870. The number of rotatable bonds is 9. The van der Waals surface area contributed by atoms with E-state index in [0.717, 1.165) is 5.56 Å². The van der Waals surface area contributed by atoms with Crippen molar-refractivity contribution in [2.75, 3.05) is 10.6 Å². The van der Waals surface area contributed by atoms with Crippen molar-refractivity contribution in [3.05, 3.63) is 146 Å². The fourth-order valence-electron chi connectivity index (χ4n) is 4.55. The predicted molar refractivity (Wildman–Crippen MR) is 167 cm³/mol. The molecule has 0 bridgehead atoms. The first-order valence-electron chi connectivity index (χ1n) is 13.3. The Morgan fingerprint density at radius 2 is 1.53 bits per heavy atom. The van der Waals surface area contributed by atoms with Gasteiger partial charge in [0.25, 0.3) is 17.2 Å². The van der Waals surface area contributed by atoms with Gasteiger partial charge in [-0.2, -0.15) is 0 Å². The van der Waals surface area contributed by atoms with E-state index in [1.807, 2.05) is 66.7 Å². The van der Waals surface area contributed by atoms with Crippen molar-refractivity contribution in [3.8, 4) is 5.69 Å². The van der Waals surface area contributed by atoms with Crippen molar-refractivity contribution in [3.63, 3.8) is 0 Å². The summed E-state index contributed by atoms with van der Waals surface area (Å²) in [6.07, 6.45) is 0. The molecule has 216 valence electrons. The summed E-state index contributed by atoms with van der Waals surface area (Å²) >= 11 is 1.26. The van der Waals surface area contributed by atoms with Crippen molar-refractivity contribution in [1.82, 2.24) is 9.36 Å². The topological polar surface area (TPSA) is 128 Å². The molecule has 2 N–H and O–H groups in total. The maximum atomic E-state index is 13.8. The van der Waals surface area contributed by atoms with E-state index in [0.29, 0.717) is 22.0 Å². The van der Waals surface area contributed by atoms with E-state index in [4.69, 9.17) is 0 Å². The summed E-state index contributed by atoms with van der Waals surface area (Å²) in [6.45, 7) is 1.77. The summed E-state index contributed by atoms with van der Waals surface area (Å²) in [7, 11) is 1.76. The summed E-state index contributed by atoms with van der Waals surface area (Å²) in [5, 5.41) is 16.0. The van der Waals surface area contributed by atoms with Crippen LogP contribution >= 0.6 is 11.8 Å². The van der Waals surface area contributed by atoms with Crippen LogP contribution in [-0.2, 0) is 11.8 Å². The molecule has 2 amide bonds. The van der Waals surface area contributed by atoms with E-state index >= 15 is 0 Å². The molecule has 0 saturated carbocycles. The Labute approximate surface area is 251 Å². The second kappa shape index (κ2) is 12.6. The minimum atomic E-state index is -0.729. The van der Waals surface area contributed by atoms with Gasteiger partial charge in [0.1, 0.15) is 10.9 Å². The third-order valence-electron chi connectivity index (χ3n) is 6.81. The number of hydrogen-bond acceptors (Lipinski definition) is 6. The van der Waals surface area contributed by atoms with Crippen LogP contribution in [0.25, 0.3) is 5.69 Å². The van der Waals surface area contributed by atoms with Gasteiger partial charge in [0.05, 0.1) is 16.3 Å². The van der Waals surface area contributed by atoms with E-state index in [9.17, 15) is 24.5 Å². The lowest BCUT2D eigenvalue weighted by atomic mass is 10.1. The van der Waals surface area contributed by atoms with Gasteiger partial charge in [-0.15, -0.1) is 11.8 Å². The van der Waals surface area contributed by atoms with E-state index in [2.05, 4.69) is 10.6 Å². The first kappa shape index (κ1) is 29.1. The highest BCUT2D eigenvalue weighted by Gasteiger charge is 2.26. The van der Waals surface area contributed by atoms with E-state index < -0.39 is 16.1 Å². The van der Waals surface area contributed by atoms with Crippen molar-refractivity contribution in [2.24, 2.45) is 7.05 Å². The zero-order valence-corrected chi connectivity index (χ0v) is 24.1. The van der Waals surface area contributed by atoms with Gasteiger partial charge in [0.2, 0.25) is 5.91 Å². The Morgan fingerprint density at radius 1 is 0.860 bits per heavy atom. The van der Waals surface area contributed by atoms with Crippen LogP contribution in [0.3, 0.4) is 0 Å². The van der Waals surface area contributed by atoms with Gasteiger partial charge in [-0.3, -0.25) is 29.2 Å². The number of para-hydroxylation sites is 1. The molecule has 43 heavy (non-hydrogen) atoms. The summed E-state index contributed by atoms with van der Waals surface area (Å²) in [5.41, 5.74) is 2.27. The molecule has 5 rings (SSSR count). The van der Waals surface area contributed by atoms with Crippen molar-refractivity contribution >= 4 is 40.6 Å². The number of anilines is 2. The van der Waals surface area contributed by atoms with Gasteiger partial charge in [-0.05, 0) is 48.9 Å². The highest BCUT2D eigenvalue weighted by Crippen LogP contribution is 2.37. The molecular formula is C32H27N5O5S. The Hall–Kier alpha value is -5.42. The van der Waals surface area contributed by atoms with Crippen LogP contribution in [0.2, 0.25) is 0 Å². The molecule has 0 aliphatic carbocycles. The molecule has 11 heteroatoms. The number of carbonyl (C=O) groups is 2. The third kappa shape index (κ3) is 6.41. The number of non-ortho nitro benzene ring substituents is 1. The molecule has 0 spiro atoms. The Balaban J connectivity index is 1.40. The smallest absolute Gasteiger partial charge is 0.295 e. The molecular weight excluding hydrogens is 566 g/mol. The molecule has 5 aromatic rings. The number of nitro benzene ring substituents is 1. The first-order chi connectivity index (χ1) is 20.7. The number of benzene rings is 4. The van der Waals surface area contributed by atoms with Gasteiger partial charge < -0.3 is 10.6 Å². The zero-order valence-electron chi connectivity index (χ0n) is 23.3. The van der Waals surface area contributed by atoms with Gasteiger partial charge in [-0.1, -0.05) is 60.7 Å². The van der Waals surface area contributed by atoms with Gasteiger partial charge in [0, 0.05) is 35.3 Å². The van der Waals surface area contributed by atoms with Crippen molar-refractivity contribution < 1.29 is 14.5 Å². The number of carbonyl (C=O) groups excluding carboxylic acids is 2. The van der Waals surface area contributed by atoms with Crippen LogP contribution in [0.5, 0.6) is 0 Å². The number of nitrogens with one attached hydrogen (secondary N) is 2. The van der Waals surface area contributed by atoms with Gasteiger partial charge in [-0.25, -0.2) is 4.68 Å². The standard InChI is InChI=1S/C32H27N5O5S/c1-21-28(32(40)36(35(21)2)25-15-7-4-8-16-25)34-31(39)29(22-11-5-3-6-12-22)43-27-18-10-14-24(20-27)33-30(38)23-13-9-17-26(19-23)37(41)42/h3-20,29H,1-2H3,(H,33,38)(H,34,39). The highest BCUT2D eigenvalue weighted by atomic mass is 32.2. The largest absolute Gasteiger partial charge is 0.322 e. The molecule has 10 nitrogen and oxygen atoms in total. The molecule has 1 atom stereocenters. The Morgan fingerprint density at radius 3 is 2.23 bits per heavy atom. The number of hydrogen-bond donors (Lipinski definition) is 2. The maximum Gasteiger partial charge on any atom is 0.295 e. The lowest BCUT2D eigenvalue weighted by Gasteiger charge is -2.17. The van der Waals surface area contributed by atoms with E-state index in [1.54, 1.807) is 36.9 Å². The molecule has 0 aliphatic rings. The maximum absolute atomic E-state index is 13.8. The Kier molecular flexibility index (Phi) is 8.54. The second-order valence-corrected chi connectivity index (χ2v) is 10.8. The van der Waals surface area contributed by atoms with Crippen LogP contribution in [-0.4, -0.2) is 26.1 Å². The normalized spacial score (nSPS) is 11.5. The molecule has 1 unspecified atom stereocenters. The number of nitrogens with zero attached hydrogens (tertiary/aromatic N) is 3. The van der Waals surface area contributed by atoms with E-state index in [1.165, 1.54) is 40.7 Å².